The average molecular weight is 368 g/mol. The van der Waals surface area contributed by atoms with Crippen molar-refractivity contribution in [3.63, 3.8) is 0 Å². The van der Waals surface area contributed by atoms with E-state index in [0.29, 0.717) is 11.4 Å². The first kappa shape index (κ1) is 18.6. The minimum Gasteiger partial charge on any atom is -0.496 e. The first-order valence-corrected chi connectivity index (χ1v) is 8.87. The Hall–Kier alpha value is -3.22. The minimum absolute atomic E-state index is 0.419. The van der Waals surface area contributed by atoms with Crippen LogP contribution in [0.15, 0.2) is 47.6 Å². The number of carbonyl (C=O) groups excluding carboxylic acids is 1. The molecule has 27 heavy (non-hydrogen) atoms. The Labute approximate surface area is 159 Å². The number of methoxy groups -OCH3 is 2. The molecule has 1 heterocycles. The molecule has 2 aromatic rings. The zero-order valence-electron chi connectivity index (χ0n) is 15.6. The van der Waals surface area contributed by atoms with Gasteiger partial charge in [0.1, 0.15) is 11.5 Å². The largest absolute Gasteiger partial charge is 0.496 e. The first-order valence-electron chi connectivity index (χ1n) is 8.87. The quantitative estimate of drug-likeness (QED) is 0.605. The van der Waals surface area contributed by atoms with E-state index in [9.17, 15) is 4.79 Å². The Morgan fingerprint density at radius 2 is 1.78 bits per heavy atom. The smallest absolute Gasteiger partial charge is 0.339 e. The molecule has 2 N–H and O–H groups in total. The van der Waals surface area contributed by atoms with Crippen molar-refractivity contribution < 1.29 is 14.3 Å². The average Bonchev–Trinajstić information content (AvgIpc) is 3.23. The molecule has 7 heteroatoms. The summed E-state index contributed by atoms with van der Waals surface area (Å²) in [6.07, 6.45) is 3.89. The van der Waals surface area contributed by atoms with Gasteiger partial charge in [-0.15, -0.1) is 0 Å². The molecule has 0 saturated carbocycles. The number of anilines is 2. The van der Waals surface area contributed by atoms with Gasteiger partial charge in [-0.1, -0.05) is 18.2 Å². The molecule has 0 radical (unpaired) electrons. The van der Waals surface area contributed by atoms with Gasteiger partial charge in [-0.2, -0.15) is 5.10 Å². The highest BCUT2D eigenvalue weighted by Gasteiger charge is 2.19. The molecule has 0 spiro atoms. The van der Waals surface area contributed by atoms with Crippen LogP contribution in [0.2, 0.25) is 0 Å². The van der Waals surface area contributed by atoms with E-state index in [-0.39, 0.29) is 0 Å². The third-order valence-electron chi connectivity index (χ3n) is 4.38. The van der Waals surface area contributed by atoms with E-state index in [4.69, 9.17) is 9.47 Å². The normalized spacial score (nSPS) is 13.6. The molecule has 2 aromatic carbocycles. The fraction of sp³-hybridized carbons (Fsp3) is 0.300. The molecule has 7 nitrogen and oxygen atoms in total. The van der Waals surface area contributed by atoms with Gasteiger partial charge in [0.15, 0.2) is 0 Å². The van der Waals surface area contributed by atoms with Crippen LogP contribution in [0.4, 0.5) is 16.2 Å². The van der Waals surface area contributed by atoms with Crippen LogP contribution in [-0.4, -0.2) is 39.6 Å². The first-order chi connectivity index (χ1) is 13.2. The molecule has 2 amide bonds. The van der Waals surface area contributed by atoms with Crippen molar-refractivity contribution >= 4 is 23.6 Å². The fourth-order valence-corrected chi connectivity index (χ4v) is 3.05. The zero-order chi connectivity index (χ0) is 19.1. The van der Waals surface area contributed by atoms with E-state index in [2.05, 4.69) is 20.7 Å². The minimum atomic E-state index is -0.419. The number of nitrogens with one attached hydrogen (secondary N) is 2. The number of amides is 2. The van der Waals surface area contributed by atoms with E-state index in [1.54, 1.807) is 32.6 Å². The number of para-hydroxylation sites is 1. The Kier molecular flexibility index (Phi) is 6.14. The predicted octanol–water partition coefficient (Wildman–Crippen LogP) is 3.46. The molecule has 0 atom stereocenters. The second-order valence-electron chi connectivity index (χ2n) is 6.15. The molecule has 0 aliphatic carbocycles. The maximum Gasteiger partial charge on any atom is 0.339 e. The summed E-state index contributed by atoms with van der Waals surface area (Å²) >= 11 is 0. The van der Waals surface area contributed by atoms with Gasteiger partial charge < -0.3 is 19.7 Å². The zero-order valence-corrected chi connectivity index (χ0v) is 15.6. The van der Waals surface area contributed by atoms with Crippen LogP contribution in [0.25, 0.3) is 0 Å². The maximum atomic E-state index is 11.9. The maximum absolute atomic E-state index is 11.9. The number of rotatable bonds is 6. The van der Waals surface area contributed by atoms with Crippen molar-refractivity contribution in [2.24, 2.45) is 5.10 Å². The van der Waals surface area contributed by atoms with Gasteiger partial charge >= 0.3 is 6.03 Å². The highest BCUT2D eigenvalue weighted by atomic mass is 16.5. The fourth-order valence-electron chi connectivity index (χ4n) is 3.05. The van der Waals surface area contributed by atoms with Gasteiger partial charge in [0.25, 0.3) is 0 Å². The predicted molar refractivity (Wildman–Crippen MR) is 107 cm³/mol. The number of ether oxygens (including phenoxy) is 2. The Balaban J connectivity index is 1.71. The van der Waals surface area contributed by atoms with Crippen LogP contribution in [0.1, 0.15) is 18.4 Å². The van der Waals surface area contributed by atoms with E-state index < -0.39 is 6.03 Å². The number of carbonyl (C=O) groups is 1. The summed E-state index contributed by atoms with van der Waals surface area (Å²) in [7, 11) is 3.26. The Morgan fingerprint density at radius 1 is 1.07 bits per heavy atom. The van der Waals surface area contributed by atoms with Crippen LogP contribution in [0, 0.1) is 0 Å². The summed E-state index contributed by atoms with van der Waals surface area (Å²) in [6.45, 7) is 2.02. The lowest BCUT2D eigenvalue weighted by molar-refractivity contribution is 0.252. The number of benzene rings is 2. The summed E-state index contributed by atoms with van der Waals surface area (Å²) in [5.41, 5.74) is 4.88. The van der Waals surface area contributed by atoms with Gasteiger partial charge in [-0.05, 0) is 31.0 Å². The lowest BCUT2D eigenvalue weighted by Gasteiger charge is -2.22. The van der Waals surface area contributed by atoms with Gasteiger partial charge in [0.2, 0.25) is 0 Å². The van der Waals surface area contributed by atoms with Crippen LogP contribution >= 0.6 is 0 Å². The standard InChI is InChI=1S/C20H24N4O3/c1-26-18-13-17(24-10-6-7-11-24)19(27-2)12-15(18)14-21-23-20(25)22-16-8-4-3-5-9-16/h3-5,8-9,12-14H,6-7,10-11H2,1-2H3,(H2,22,23,25)/b21-14+. The summed E-state index contributed by atoms with van der Waals surface area (Å²) in [4.78, 5) is 14.2. The Morgan fingerprint density at radius 3 is 2.44 bits per heavy atom. The molecule has 0 aromatic heterocycles. The molecule has 0 unspecified atom stereocenters. The lowest BCUT2D eigenvalue weighted by Crippen LogP contribution is -2.24. The highest BCUT2D eigenvalue weighted by molar-refractivity contribution is 5.91. The molecule has 0 bridgehead atoms. The SMILES string of the molecule is COc1cc(N2CCCC2)c(OC)cc1/C=N/NC(=O)Nc1ccccc1. The van der Waals surface area contributed by atoms with Crippen molar-refractivity contribution in [3.05, 3.63) is 48.0 Å². The van der Waals surface area contributed by atoms with Crippen LogP contribution in [0.3, 0.4) is 0 Å². The van der Waals surface area contributed by atoms with Gasteiger partial charge in [-0.3, -0.25) is 0 Å². The van der Waals surface area contributed by atoms with Gasteiger partial charge in [0.05, 0.1) is 26.1 Å². The van der Waals surface area contributed by atoms with E-state index >= 15 is 0 Å². The van der Waals surface area contributed by atoms with Crippen LogP contribution in [0.5, 0.6) is 11.5 Å². The van der Waals surface area contributed by atoms with Crippen molar-refractivity contribution in [2.75, 3.05) is 37.5 Å². The van der Waals surface area contributed by atoms with Crippen molar-refractivity contribution in [1.82, 2.24) is 5.43 Å². The molecular weight excluding hydrogens is 344 g/mol. The van der Waals surface area contributed by atoms with Crippen molar-refractivity contribution in [1.29, 1.82) is 0 Å². The topological polar surface area (TPSA) is 75.2 Å². The molecule has 1 fully saturated rings. The summed E-state index contributed by atoms with van der Waals surface area (Å²) in [5, 5.41) is 6.71. The van der Waals surface area contributed by atoms with E-state index in [1.165, 1.54) is 12.8 Å². The third-order valence-corrected chi connectivity index (χ3v) is 4.38. The number of nitrogens with zero attached hydrogens (tertiary/aromatic N) is 2. The third kappa shape index (κ3) is 4.69. The second kappa shape index (κ2) is 8.93. The molecule has 1 aliphatic heterocycles. The summed E-state index contributed by atoms with van der Waals surface area (Å²) < 4.78 is 11.0. The van der Waals surface area contributed by atoms with Crippen LogP contribution < -0.4 is 25.1 Å². The highest BCUT2D eigenvalue weighted by Crippen LogP contribution is 2.36. The number of hydrogen-bond acceptors (Lipinski definition) is 5. The van der Waals surface area contributed by atoms with Crippen molar-refractivity contribution in [3.8, 4) is 11.5 Å². The number of hydrazone groups is 1. The summed E-state index contributed by atoms with van der Waals surface area (Å²) in [5.74, 6) is 1.43. The Bertz CT molecular complexity index is 802. The molecule has 1 saturated heterocycles. The van der Waals surface area contributed by atoms with Crippen LogP contribution in [-0.2, 0) is 0 Å². The molecular formula is C20H24N4O3. The number of urea groups is 1. The van der Waals surface area contributed by atoms with E-state index in [1.807, 2.05) is 30.3 Å². The second-order valence-corrected chi connectivity index (χ2v) is 6.15. The van der Waals surface area contributed by atoms with Gasteiger partial charge in [0, 0.05) is 30.4 Å². The number of hydrogen-bond donors (Lipinski definition) is 2. The molecule has 3 rings (SSSR count). The van der Waals surface area contributed by atoms with E-state index in [0.717, 1.165) is 30.1 Å². The molecule has 142 valence electrons. The monoisotopic (exact) mass is 368 g/mol. The molecule has 1 aliphatic rings. The van der Waals surface area contributed by atoms with Gasteiger partial charge in [-0.25, -0.2) is 10.2 Å². The lowest BCUT2D eigenvalue weighted by atomic mass is 10.1. The van der Waals surface area contributed by atoms with Crippen molar-refractivity contribution in [2.45, 2.75) is 12.8 Å². The summed E-state index contributed by atoms with van der Waals surface area (Å²) in [6, 6.07) is 12.6.